The molecule has 114 valence electrons. The molecule has 1 amide bonds. The van der Waals surface area contributed by atoms with Crippen LogP contribution >= 0.6 is 22.6 Å². The Morgan fingerprint density at radius 2 is 2.05 bits per heavy atom. The molecule has 1 aromatic carbocycles. The van der Waals surface area contributed by atoms with Gasteiger partial charge in [-0.2, -0.15) is 0 Å². The van der Waals surface area contributed by atoms with E-state index in [1.807, 2.05) is 36.5 Å². The minimum Gasteiger partial charge on any atom is -0.357 e. The summed E-state index contributed by atoms with van der Waals surface area (Å²) in [4.78, 5) is 18.9. The summed E-state index contributed by atoms with van der Waals surface area (Å²) in [6, 6.07) is 11.6. The molecule has 1 N–H and O–H groups in total. The molecule has 22 heavy (non-hydrogen) atoms. The van der Waals surface area contributed by atoms with Gasteiger partial charge in [-0.1, -0.05) is 6.07 Å². The zero-order valence-electron chi connectivity index (χ0n) is 12.3. The van der Waals surface area contributed by atoms with E-state index in [9.17, 15) is 4.79 Å². The standard InChI is InChI=1S/C17H18IN3O/c18-15-5-3-4-14(11-15)17(22)20-12-13-6-7-19-16(10-13)21-8-1-2-9-21/h3-7,10-11H,1-2,8-9,12H2,(H,20,22). The van der Waals surface area contributed by atoms with Crippen molar-refractivity contribution in [3.63, 3.8) is 0 Å². The van der Waals surface area contributed by atoms with E-state index in [0.29, 0.717) is 12.1 Å². The lowest BCUT2D eigenvalue weighted by atomic mass is 10.2. The van der Waals surface area contributed by atoms with Crippen molar-refractivity contribution in [1.82, 2.24) is 10.3 Å². The number of hydrogen-bond donors (Lipinski definition) is 1. The first kappa shape index (κ1) is 15.3. The number of aromatic nitrogens is 1. The average Bonchev–Trinajstić information content (AvgIpc) is 3.07. The van der Waals surface area contributed by atoms with Gasteiger partial charge in [-0.25, -0.2) is 4.98 Å². The van der Waals surface area contributed by atoms with Gasteiger partial charge in [0.15, 0.2) is 0 Å². The van der Waals surface area contributed by atoms with Crippen LogP contribution in [0.2, 0.25) is 0 Å². The van der Waals surface area contributed by atoms with Gasteiger partial charge in [-0.15, -0.1) is 0 Å². The van der Waals surface area contributed by atoms with Crippen LogP contribution in [0.4, 0.5) is 5.82 Å². The van der Waals surface area contributed by atoms with E-state index in [-0.39, 0.29) is 5.91 Å². The van der Waals surface area contributed by atoms with Crippen molar-refractivity contribution >= 4 is 34.3 Å². The molecule has 1 saturated heterocycles. The van der Waals surface area contributed by atoms with Crippen molar-refractivity contribution in [2.45, 2.75) is 19.4 Å². The maximum absolute atomic E-state index is 12.2. The van der Waals surface area contributed by atoms with Gasteiger partial charge in [0.2, 0.25) is 0 Å². The summed E-state index contributed by atoms with van der Waals surface area (Å²) in [5, 5.41) is 2.97. The first-order valence-electron chi connectivity index (χ1n) is 7.46. The third-order valence-electron chi connectivity index (χ3n) is 3.78. The number of amides is 1. The molecule has 1 aliphatic heterocycles. The van der Waals surface area contributed by atoms with Crippen LogP contribution in [0, 0.1) is 3.57 Å². The minimum absolute atomic E-state index is 0.0435. The van der Waals surface area contributed by atoms with Crippen LogP contribution in [0.3, 0.4) is 0 Å². The Bertz CT molecular complexity index is 668. The maximum atomic E-state index is 12.2. The normalized spacial score (nSPS) is 14.1. The molecule has 0 radical (unpaired) electrons. The second-order valence-corrected chi connectivity index (χ2v) is 6.66. The van der Waals surface area contributed by atoms with Gasteiger partial charge in [0.25, 0.3) is 5.91 Å². The number of pyridine rings is 1. The first-order chi connectivity index (χ1) is 10.7. The summed E-state index contributed by atoms with van der Waals surface area (Å²) in [7, 11) is 0. The van der Waals surface area contributed by atoms with Gasteiger partial charge in [0.05, 0.1) is 0 Å². The molecule has 2 aromatic rings. The SMILES string of the molecule is O=C(NCc1ccnc(N2CCCC2)c1)c1cccc(I)c1. The van der Waals surface area contributed by atoms with E-state index in [0.717, 1.165) is 28.0 Å². The summed E-state index contributed by atoms with van der Waals surface area (Å²) < 4.78 is 1.06. The molecule has 2 heterocycles. The van der Waals surface area contributed by atoms with Gasteiger partial charge < -0.3 is 10.2 Å². The van der Waals surface area contributed by atoms with Gasteiger partial charge in [-0.05, 0) is 71.3 Å². The van der Waals surface area contributed by atoms with Crippen LogP contribution in [0.5, 0.6) is 0 Å². The summed E-state index contributed by atoms with van der Waals surface area (Å²) in [6.07, 6.45) is 4.28. The van der Waals surface area contributed by atoms with E-state index in [4.69, 9.17) is 0 Å². The predicted molar refractivity (Wildman–Crippen MR) is 96.0 cm³/mol. The van der Waals surface area contributed by atoms with E-state index < -0.39 is 0 Å². The Kier molecular flexibility index (Phi) is 4.92. The minimum atomic E-state index is -0.0435. The highest BCUT2D eigenvalue weighted by Gasteiger charge is 2.13. The number of anilines is 1. The van der Waals surface area contributed by atoms with Gasteiger partial charge in [-0.3, -0.25) is 4.79 Å². The molecule has 0 spiro atoms. The van der Waals surface area contributed by atoms with Crippen molar-refractivity contribution in [3.8, 4) is 0 Å². The highest BCUT2D eigenvalue weighted by Crippen LogP contribution is 2.18. The number of hydrogen-bond acceptors (Lipinski definition) is 3. The Labute approximate surface area is 144 Å². The van der Waals surface area contributed by atoms with Crippen molar-refractivity contribution in [2.24, 2.45) is 0 Å². The molecule has 1 aromatic heterocycles. The third-order valence-corrected chi connectivity index (χ3v) is 4.45. The Hall–Kier alpha value is -1.63. The fraction of sp³-hybridized carbons (Fsp3) is 0.294. The molecule has 0 bridgehead atoms. The lowest BCUT2D eigenvalue weighted by Gasteiger charge is -2.17. The molecule has 5 heteroatoms. The Balaban J connectivity index is 1.63. The number of carbonyl (C=O) groups is 1. The number of halogens is 1. The van der Waals surface area contributed by atoms with E-state index in [1.54, 1.807) is 0 Å². The van der Waals surface area contributed by atoms with Gasteiger partial charge >= 0.3 is 0 Å². The number of carbonyl (C=O) groups excluding carboxylic acids is 1. The predicted octanol–water partition coefficient (Wildman–Crippen LogP) is 3.22. The average molecular weight is 407 g/mol. The lowest BCUT2D eigenvalue weighted by molar-refractivity contribution is 0.0951. The number of benzene rings is 1. The van der Waals surface area contributed by atoms with Crippen LogP contribution in [0.1, 0.15) is 28.8 Å². The van der Waals surface area contributed by atoms with Crippen LogP contribution in [0.15, 0.2) is 42.6 Å². The topological polar surface area (TPSA) is 45.2 Å². The molecule has 0 aliphatic carbocycles. The molecule has 0 saturated carbocycles. The molecular formula is C17H18IN3O. The van der Waals surface area contributed by atoms with Crippen LogP contribution in [0.25, 0.3) is 0 Å². The van der Waals surface area contributed by atoms with Gasteiger partial charge in [0, 0.05) is 35.0 Å². The van der Waals surface area contributed by atoms with Crippen molar-refractivity contribution in [2.75, 3.05) is 18.0 Å². The second-order valence-electron chi connectivity index (χ2n) is 5.41. The van der Waals surface area contributed by atoms with E-state index in [1.165, 1.54) is 12.8 Å². The molecule has 0 atom stereocenters. The van der Waals surface area contributed by atoms with Crippen molar-refractivity contribution in [3.05, 3.63) is 57.3 Å². The summed E-state index contributed by atoms with van der Waals surface area (Å²) in [5.41, 5.74) is 1.77. The Morgan fingerprint density at radius 3 is 2.82 bits per heavy atom. The van der Waals surface area contributed by atoms with Crippen LogP contribution in [-0.4, -0.2) is 24.0 Å². The molecule has 1 aliphatic rings. The smallest absolute Gasteiger partial charge is 0.251 e. The van der Waals surface area contributed by atoms with Crippen LogP contribution < -0.4 is 10.2 Å². The fourth-order valence-electron chi connectivity index (χ4n) is 2.60. The number of rotatable bonds is 4. The third kappa shape index (κ3) is 3.76. The zero-order valence-corrected chi connectivity index (χ0v) is 14.4. The quantitative estimate of drug-likeness (QED) is 0.792. The Morgan fingerprint density at radius 1 is 1.23 bits per heavy atom. The summed E-state index contributed by atoms with van der Waals surface area (Å²) >= 11 is 2.21. The van der Waals surface area contributed by atoms with Gasteiger partial charge in [0.1, 0.15) is 5.82 Å². The monoisotopic (exact) mass is 407 g/mol. The zero-order chi connectivity index (χ0) is 15.4. The molecule has 4 nitrogen and oxygen atoms in total. The largest absolute Gasteiger partial charge is 0.357 e. The van der Waals surface area contributed by atoms with Crippen molar-refractivity contribution in [1.29, 1.82) is 0 Å². The fourth-order valence-corrected chi connectivity index (χ4v) is 3.15. The highest BCUT2D eigenvalue weighted by atomic mass is 127. The maximum Gasteiger partial charge on any atom is 0.251 e. The molecule has 3 rings (SSSR count). The molecule has 1 fully saturated rings. The van der Waals surface area contributed by atoms with Crippen molar-refractivity contribution < 1.29 is 4.79 Å². The molecule has 0 unspecified atom stereocenters. The summed E-state index contributed by atoms with van der Waals surface area (Å²) in [6.45, 7) is 2.67. The number of nitrogens with one attached hydrogen (secondary N) is 1. The summed E-state index contributed by atoms with van der Waals surface area (Å²) in [5.74, 6) is 0.969. The highest BCUT2D eigenvalue weighted by molar-refractivity contribution is 14.1. The van der Waals surface area contributed by atoms with Crippen LogP contribution in [-0.2, 0) is 6.54 Å². The second kappa shape index (κ2) is 7.09. The lowest BCUT2D eigenvalue weighted by Crippen LogP contribution is -2.23. The van der Waals surface area contributed by atoms with E-state index >= 15 is 0 Å². The first-order valence-corrected chi connectivity index (χ1v) is 8.54. The molecular weight excluding hydrogens is 389 g/mol. The number of nitrogens with zero attached hydrogens (tertiary/aromatic N) is 2. The van der Waals surface area contributed by atoms with E-state index in [2.05, 4.69) is 43.9 Å².